The fraction of sp³-hybridized carbons (Fsp3) is 0.429. The molecule has 4 rings (SSSR count). The van der Waals surface area contributed by atoms with Gasteiger partial charge in [0, 0.05) is 10.9 Å². The van der Waals surface area contributed by atoms with E-state index in [1.54, 1.807) is 12.1 Å². The summed E-state index contributed by atoms with van der Waals surface area (Å²) in [6.45, 7) is 2.28. The number of rotatable bonds is 7. The van der Waals surface area contributed by atoms with Crippen molar-refractivity contribution in [3.63, 3.8) is 0 Å². The van der Waals surface area contributed by atoms with E-state index < -0.39 is 0 Å². The lowest BCUT2D eigenvalue weighted by Gasteiger charge is -2.28. The maximum absolute atomic E-state index is 15.1. The average molecular weight is 407 g/mol. The topological polar surface area (TPSA) is 0 Å². The minimum absolute atomic E-state index is 0.226. The molecule has 1 aliphatic carbocycles. The molecular formula is C28H32F2. The van der Waals surface area contributed by atoms with Crippen LogP contribution in [0.15, 0.2) is 54.6 Å². The van der Waals surface area contributed by atoms with E-state index >= 15 is 4.39 Å². The highest BCUT2D eigenvalue weighted by Crippen LogP contribution is 2.35. The normalized spacial score (nSPS) is 19.3. The number of unbranched alkanes of at least 4 members (excludes halogenated alkanes) is 1. The fourth-order valence-corrected chi connectivity index (χ4v) is 5.02. The molecule has 1 fully saturated rings. The summed E-state index contributed by atoms with van der Waals surface area (Å²) in [4.78, 5) is 0. The summed E-state index contributed by atoms with van der Waals surface area (Å²) in [6.07, 6.45) is 12.0. The quantitative estimate of drug-likeness (QED) is 0.368. The second-order valence-electron chi connectivity index (χ2n) is 9.06. The maximum atomic E-state index is 15.1. The largest absolute Gasteiger partial charge is 0.207 e. The van der Waals surface area contributed by atoms with E-state index in [0.29, 0.717) is 16.5 Å². The molecule has 3 aromatic rings. The first-order chi connectivity index (χ1) is 14.6. The third-order valence-electron chi connectivity index (χ3n) is 6.95. The van der Waals surface area contributed by atoms with Crippen LogP contribution in [0.3, 0.4) is 0 Å². The van der Waals surface area contributed by atoms with E-state index in [4.69, 9.17) is 0 Å². The molecule has 0 amide bonds. The Morgan fingerprint density at radius 1 is 0.800 bits per heavy atom. The van der Waals surface area contributed by atoms with Crippen LogP contribution in [0.25, 0.3) is 21.9 Å². The second kappa shape index (κ2) is 9.73. The number of benzene rings is 3. The Labute approximate surface area is 179 Å². The third kappa shape index (κ3) is 4.91. The Balaban J connectivity index is 1.40. The van der Waals surface area contributed by atoms with Crippen molar-refractivity contribution in [3.05, 3.63) is 71.8 Å². The van der Waals surface area contributed by atoms with Gasteiger partial charge in [0.15, 0.2) is 0 Å². The SMILES string of the molecule is CCCC[C@H]1CC[C@H](CCc2ccc3c(F)c(-c4ccc(F)cc4)ccc3c2)CC1. The van der Waals surface area contributed by atoms with Crippen LogP contribution in [0.5, 0.6) is 0 Å². The monoisotopic (exact) mass is 406 g/mol. The highest BCUT2D eigenvalue weighted by atomic mass is 19.1. The molecule has 0 spiro atoms. The molecule has 0 aliphatic heterocycles. The van der Waals surface area contributed by atoms with Gasteiger partial charge in [-0.3, -0.25) is 0 Å². The van der Waals surface area contributed by atoms with Crippen LogP contribution < -0.4 is 0 Å². The number of fused-ring (bicyclic) bond motifs is 1. The van der Waals surface area contributed by atoms with Gasteiger partial charge >= 0.3 is 0 Å². The molecule has 0 radical (unpaired) electrons. The van der Waals surface area contributed by atoms with Crippen molar-refractivity contribution < 1.29 is 8.78 Å². The molecule has 0 aromatic heterocycles. The highest BCUT2D eigenvalue weighted by Gasteiger charge is 2.20. The van der Waals surface area contributed by atoms with E-state index in [-0.39, 0.29) is 11.6 Å². The van der Waals surface area contributed by atoms with Crippen LogP contribution in [-0.4, -0.2) is 0 Å². The molecule has 158 valence electrons. The number of hydrogen-bond donors (Lipinski definition) is 0. The van der Waals surface area contributed by atoms with E-state index in [2.05, 4.69) is 19.1 Å². The van der Waals surface area contributed by atoms with Crippen molar-refractivity contribution in [2.24, 2.45) is 11.8 Å². The van der Waals surface area contributed by atoms with Gasteiger partial charge in [0.1, 0.15) is 11.6 Å². The first-order valence-corrected chi connectivity index (χ1v) is 11.6. The molecular weight excluding hydrogens is 374 g/mol. The molecule has 0 unspecified atom stereocenters. The Kier molecular flexibility index (Phi) is 6.82. The van der Waals surface area contributed by atoms with Crippen LogP contribution >= 0.6 is 0 Å². The van der Waals surface area contributed by atoms with Crippen molar-refractivity contribution >= 4 is 10.8 Å². The van der Waals surface area contributed by atoms with Gasteiger partial charge in [0.2, 0.25) is 0 Å². The lowest BCUT2D eigenvalue weighted by atomic mass is 9.78. The van der Waals surface area contributed by atoms with Gasteiger partial charge in [-0.25, -0.2) is 8.78 Å². The molecule has 3 aromatic carbocycles. The predicted octanol–water partition coefficient (Wildman–Crippen LogP) is 8.71. The molecule has 0 heterocycles. The summed E-state index contributed by atoms with van der Waals surface area (Å²) in [7, 11) is 0. The molecule has 30 heavy (non-hydrogen) atoms. The van der Waals surface area contributed by atoms with Gasteiger partial charge in [-0.15, -0.1) is 0 Å². The van der Waals surface area contributed by atoms with Crippen LogP contribution in [0.2, 0.25) is 0 Å². The second-order valence-corrected chi connectivity index (χ2v) is 9.06. The Morgan fingerprint density at radius 2 is 1.50 bits per heavy atom. The standard InChI is InChI=1S/C28H32F2/c1-2-3-4-20-5-7-21(8-6-20)9-10-22-11-17-27-24(19-22)14-18-26(28(27)30)23-12-15-25(29)16-13-23/h11-21H,2-10H2,1H3/t20-,21-. The van der Waals surface area contributed by atoms with E-state index in [0.717, 1.165) is 23.6 Å². The summed E-state index contributed by atoms with van der Waals surface area (Å²) >= 11 is 0. The van der Waals surface area contributed by atoms with Gasteiger partial charge in [0.05, 0.1) is 0 Å². The minimum atomic E-state index is -0.306. The first kappa shape index (κ1) is 21.0. The van der Waals surface area contributed by atoms with Gasteiger partial charge in [-0.05, 0) is 53.3 Å². The van der Waals surface area contributed by atoms with Crippen molar-refractivity contribution in [1.82, 2.24) is 0 Å². The molecule has 2 heteroatoms. The van der Waals surface area contributed by atoms with Gasteiger partial charge in [0.25, 0.3) is 0 Å². The summed E-state index contributed by atoms with van der Waals surface area (Å²) in [5.74, 6) is 1.27. The number of aryl methyl sites for hydroxylation is 1. The Bertz CT molecular complexity index is 966. The average Bonchev–Trinajstić information content (AvgIpc) is 2.78. The zero-order chi connectivity index (χ0) is 20.9. The molecule has 0 N–H and O–H groups in total. The molecule has 0 nitrogen and oxygen atoms in total. The molecule has 0 bridgehead atoms. The van der Waals surface area contributed by atoms with Gasteiger partial charge in [-0.2, -0.15) is 0 Å². The van der Waals surface area contributed by atoms with Gasteiger partial charge < -0.3 is 0 Å². The first-order valence-electron chi connectivity index (χ1n) is 11.6. The van der Waals surface area contributed by atoms with Crippen LogP contribution in [-0.2, 0) is 6.42 Å². The van der Waals surface area contributed by atoms with Crippen LogP contribution in [0.1, 0.15) is 63.9 Å². The fourth-order valence-electron chi connectivity index (χ4n) is 5.02. The van der Waals surface area contributed by atoms with E-state index in [1.807, 2.05) is 18.2 Å². The van der Waals surface area contributed by atoms with Gasteiger partial charge in [-0.1, -0.05) is 94.3 Å². The summed E-state index contributed by atoms with van der Waals surface area (Å²) in [5.41, 5.74) is 2.52. The third-order valence-corrected chi connectivity index (χ3v) is 6.95. The predicted molar refractivity (Wildman–Crippen MR) is 123 cm³/mol. The summed E-state index contributed by atoms with van der Waals surface area (Å²) < 4.78 is 28.3. The highest BCUT2D eigenvalue weighted by molar-refractivity contribution is 5.88. The van der Waals surface area contributed by atoms with Crippen LogP contribution in [0.4, 0.5) is 8.78 Å². The Hall–Kier alpha value is -2.22. The zero-order valence-corrected chi connectivity index (χ0v) is 18.0. The van der Waals surface area contributed by atoms with Crippen molar-refractivity contribution in [3.8, 4) is 11.1 Å². The Morgan fingerprint density at radius 3 is 2.20 bits per heavy atom. The maximum Gasteiger partial charge on any atom is 0.138 e. The van der Waals surface area contributed by atoms with Crippen LogP contribution in [0, 0.1) is 23.5 Å². The summed E-state index contributed by atoms with van der Waals surface area (Å²) in [5, 5.41) is 1.58. The molecule has 1 aliphatic rings. The smallest absolute Gasteiger partial charge is 0.138 e. The van der Waals surface area contributed by atoms with Crippen molar-refractivity contribution in [1.29, 1.82) is 0 Å². The molecule has 0 atom stereocenters. The minimum Gasteiger partial charge on any atom is -0.207 e. The van der Waals surface area contributed by atoms with Crippen molar-refractivity contribution in [2.45, 2.75) is 64.7 Å². The molecule has 0 saturated heterocycles. The summed E-state index contributed by atoms with van der Waals surface area (Å²) in [6, 6.07) is 15.9. The lowest BCUT2D eigenvalue weighted by molar-refractivity contribution is 0.250. The number of hydrogen-bond acceptors (Lipinski definition) is 0. The lowest BCUT2D eigenvalue weighted by Crippen LogP contribution is -2.15. The zero-order valence-electron chi connectivity index (χ0n) is 18.0. The molecule has 1 saturated carbocycles. The van der Waals surface area contributed by atoms with E-state index in [9.17, 15) is 4.39 Å². The number of halogens is 2. The van der Waals surface area contributed by atoms with Crippen molar-refractivity contribution in [2.75, 3.05) is 0 Å². The van der Waals surface area contributed by atoms with E-state index in [1.165, 1.54) is 69.1 Å².